The smallest absolute Gasteiger partial charge is 0.120 e. The summed E-state index contributed by atoms with van der Waals surface area (Å²) in [5.74, 6) is 0.388. The third-order valence-corrected chi connectivity index (χ3v) is 4.47. The van der Waals surface area contributed by atoms with Gasteiger partial charge in [-0.3, -0.25) is 0 Å². The van der Waals surface area contributed by atoms with Gasteiger partial charge in [0.15, 0.2) is 0 Å². The molecule has 0 spiro atoms. The number of phenols is 1. The number of hydrogen-bond donors (Lipinski definition) is 2. The van der Waals surface area contributed by atoms with E-state index < -0.39 is 0 Å². The van der Waals surface area contributed by atoms with Gasteiger partial charge < -0.3 is 10.4 Å². The van der Waals surface area contributed by atoms with Crippen molar-refractivity contribution in [2.75, 3.05) is 0 Å². The van der Waals surface area contributed by atoms with Crippen LogP contribution in [0.15, 0.2) is 42.5 Å². The highest BCUT2D eigenvalue weighted by Crippen LogP contribution is 2.33. The molecule has 2 nitrogen and oxygen atoms in total. The van der Waals surface area contributed by atoms with Crippen LogP contribution in [0.1, 0.15) is 54.1 Å². The number of aromatic hydroxyl groups is 1. The number of fused-ring (bicyclic) bond motifs is 1. The van der Waals surface area contributed by atoms with Gasteiger partial charge in [-0.2, -0.15) is 0 Å². The summed E-state index contributed by atoms with van der Waals surface area (Å²) in [6.07, 6.45) is 3.56. The van der Waals surface area contributed by atoms with Crippen LogP contribution in [-0.2, 0) is 6.42 Å². The Bertz CT molecular complexity index is 635. The fourth-order valence-corrected chi connectivity index (χ4v) is 3.34. The van der Waals surface area contributed by atoms with Gasteiger partial charge in [-0.15, -0.1) is 0 Å². The molecule has 2 atom stereocenters. The van der Waals surface area contributed by atoms with E-state index in [4.69, 9.17) is 0 Å². The molecule has 0 bridgehead atoms. The van der Waals surface area contributed by atoms with Crippen molar-refractivity contribution in [2.24, 2.45) is 0 Å². The summed E-state index contributed by atoms with van der Waals surface area (Å²) in [5, 5.41) is 13.8. The van der Waals surface area contributed by atoms with Crippen LogP contribution in [0.4, 0.5) is 0 Å². The Hall–Kier alpha value is -1.80. The minimum absolute atomic E-state index is 0.141. The molecular weight excluding hydrogens is 258 g/mol. The van der Waals surface area contributed by atoms with Crippen molar-refractivity contribution >= 4 is 0 Å². The van der Waals surface area contributed by atoms with Gasteiger partial charge in [0, 0.05) is 17.6 Å². The molecule has 2 heteroatoms. The summed E-state index contributed by atoms with van der Waals surface area (Å²) in [5.41, 5.74) is 4.94. The fourth-order valence-electron chi connectivity index (χ4n) is 3.34. The monoisotopic (exact) mass is 281 g/mol. The zero-order chi connectivity index (χ0) is 14.8. The van der Waals surface area contributed by atoms with Crippen LogP contribution >= 0.6 is 0 Å². The van der Waals surface area contributed by atoms with Gasteiger partial charge >= 0.3 is 0 Å². The van der Waals surface area contributed by atoms with Crippen LogP contribution in [0, 0.1) is 6.92 Å². The zero-order valence-corrected chi connectivity index (χ0v) is 12.8. The van der Waals surface area contributed by atoms with E-state index >= 15 is 0 Å². The maximum absolute atomic E-state index is 10.1. The van der Waals surface area contributed by atoms with Crippen molar-refractivity contribution in [1.82, 2.24) is 5.32 Å². The van der Waals surface area contributed by atoms with E-state index in [2.05, 4.69) is 42.6 Å². The van der Waals surface area contributed by atoms with Crippen LogP contribution in [0.2, 0.25) is 0 Å². The summed E-state index contributed by atoms with van der Waals surface area (Å²) in [7, 11) is 0. The lowest BCUT2D eigenvalue weighted by molar-refractivity contribution is 0.400. The van der Waals surface area contributed by atoms with Crippen molar-refractivity contribution in [3.8, 4) is 5.75 Å². The molecule has 0 saturated heterocycles. The molecule has 2 aromatic rings. The second-order valence-corrected chi connectivity index (χ2v) is 6.09. The molecule has 3 rings (SSSR count). The highest BCUT2D eigenvalue weighted by Gasteiger charge is 2.22. The number of hydrogen-bond acceptors (Lipinski definition) is 2. The van der Waals surface area contributed by atoms with Gasteiger partial charge in [0.05, 0.1) is 0 Å². The van der Waals surface area contributed by atoms with Gasteiger partial charge in [-0.05, 0) is 55.9 Å². The molecular formula is C19H23NO. The van der Waals surface area contributed by atoms with Crippen molar-refractivity contribution in [3.05, 3.63) is 64.7 Å². The molecule has 1 aliphatic carbocycles. The normalized spacial score (nSPS) is 19.0. The number of aryl methyl sites for hydroxylation is 2. The maximum atomic E-state index is 10.1. The SMILES string of the molecule is Cc1ccc(C(C)NC2CCCc3ccccc32)c(O)c1. The average Bonchev–Trinajstić information content (AvgIpc) is 2.47. The first-order chi connectivity index (χ1) is 10.1. The van der Waals surface area contributed by atoms with E-state index in [1.54, 1.807) is 0 Å². The van der Waals surface area contributed by atoms with E-state index in [1.807, 2.05) is 19.1 Å². The minimum atomic E-state index is 0.141. The summed E-state index contributed by atoms with van der Waals surface area (Å²) in [6.45, 7) is 4.13. The van der Waals surface area contributed by atoms with Crippen molar-refractivity contribution < 1.29 is 5.11 Å². The van der Waals surface area contributed by atoms with E-state index in [-0.39, 0.29) is 6.04 Å². The van der Waals surface area contributed by atoms with Crippen LogP contribution in [0.25, 0.3) is 0 Å². The number of nitrogens with one attached hydrogen (secondary N) is 1. The quantitative estimate of drug-likeness (QED) is 0.872. The van der Waals surface area contributed by atoms with E-state index in [1.165, 1.54) is 24.0 Å². The first kappa shape index (κ1) is 14.2. The van der Waals surface area contributed by atoms with Crippen LogP contribution in [0.5, 0.6) is 5.75 Å². The van der Waals surface area contributed by atoms with Crippen molar-refractivity contribution in [3.63, 3.8) is 0 Å². The molecule has 0 aromatic heterocycles. The van der Waals surface area contributed by atoms with Gasteiger partial charge in [0.1, 0.15) is 5.75 Å². The molecule has 1 aliphatic rings. The molecule has 0 amide bonds. The van der Waals surface area contributed by atoms with Gasteiger partial charge in [0.25, 0.3) is 0 Å². The van der Waals surface area contributed by atoms with E-state index in [9.17, 15) is 5.11 Å². The van der Waals surface area contributed by atoms with E-state index in [0.717, 1.165) is 17.5 Å². The molecule has 0 radical (unpaired) electrons. The third-order valence-electron chi connectivity index (χ3n) is 4.47. The lowest BCUT2D eigenvalue weighted by Gasteiger charge is -2.29. The Kier molecular flexibility index (Phi) is 3.98. The van der Waals surface area contributed by atoms with Crippen molar-refractivity contribution in [2.45, 2.75) is 45.2 Å². The maximum Gasteiger partial charge on any atom is 0.120 e. The molecule has 2 aromatic carbocycles. The highest BCUT2D eigenvalue weighted by molar-refractivity contribution is 5.38. The molecule has 110 valence electrons. The Morgan fingerprint density at radius 2 is 2.00 bits per heavy atom. The average molecular weight is 281 g/mol. The van der Waals surface area contributed by atoms with Crippen LogP contribution < -0.4 is 5.32 Å². The third kappa shape index (κ3) is 2.96. The van der Waals surface area contributed by atoms with Crippen molar-refractivity contribution in [1.29, 1.82) is 0 Å². The molecule has 0 saturated carbocycles. The highest BCUT2D eigenvalue weighted by atomic mass is 16.3. The largest absolute Gasteiger partial charge is 0.508 e. The second kappa shape index (κ2) is 5.90. The zero-order valence-electron chi connectivity index (χ0n) is 12.8. The van der Waals surface area contributed by atoms with Gasteiger partial charge in [-0.25, -0.2) is 0 Å². The molecule has 21 heavy (non-hydrogen) atoms. The summed E-state index contributed by atoms with van der Waals surface area (Å²) >= 11 is 0. The molecule has 0 aliphatic heterocycles. The Morgan fingerprint density at radius 3 is 2.81 bits per heavy atom. The Morgan fingerprint density at radius 1 is 1.19 bits per heavy atom. The number of phenolic OH excluding ortho intramolecular Hbond substituents is 1. The van der Waals surface area contributed by atoms with Crippen LogP contribution in [0.3, 0.4) is 0 Å². The lowest BCUT2D eigenvalue weighted by atomic mass is 9.87. The first-order valence-electron chi connectivity index (χ1n) is 7.78. The summed E-state index contributed by atoms with van der Waals surface area (Å²) < 4.78 is 0. The lowest BCUT2D eigenvalue weighted by Crippen LogP contribution is -2.27. The summed E-state index contributed by atoms with van der Waals surface area (Å²) in [6, 6.07) is 15.1. The standard InChI is InChI=1S/C19H23NO/c1-13-10-11-16(19(21)12-13)14(2)20-18-9-5-7-15-6-3-4-8-17(15)18/h3-4,6,8,10-12,14,18,20-21H,5,7,9H2,1-2H3. The van der Waals surface area contributed by atoms with Gasteiger partial charge in [-0.1, -0.05) is 36.4 Å². The van der Waals surface area contributed by atoms with Crippen LogP contribution in [-0.4, -0.2) is 5.11 Å². The minimum Gasteiger partial charge on any atom is -0.508 e. The molecule has 2 N–H and O–H groups in total. The Balaban J connectivity index is 1.81. The predicted molar refractivity (Wildman–Crippen MR) is 86.5 cm³/mol. The topological polar surface area (TPSA) is 32.3 Å². The number of rotatable bonds is 3. The predicted octanol–water partition coefficient (Wildman–Crippen LogP) is 4.43. The molecule has 0 heterocycles. The summed E-state index contributed by atoms with van der Waals surface area (Å²) in [4.78, 5) is 0. The Labute approximate surface area is 126 Å². The van der Waals surface area contributed by atoms with E-state index in [0.29, 0.717) is 11.8 Å². The second-order valence-electron chi connectivity index (χ2n) is 6.09. The first-order valence-corrected chi connectivity index (χ1v) is 7.78. The molecule has 0 fully saturated rings. The van der Waals surface area contributed by atoms with Gasteiger partial charge in [0.2, 0.25) is 0 Å². The molecule has 2 unspecified atom stereocenters. The fraction of sp³-hybridized carbons (Fsp3) is 0.368. The number of benzene rings is 2.